The van der Waals surface area contributed by atoms with Crippen molar-refractivity contribution in [2.45, 2.75) is 18.1 Å². The number of thioether (sulfide) groups is 1. The fourth-order valence-electron chi connectivity index (χ4n) is 2.83. The van der Waals surface area contributed by atoms with Gasteiger partial charge in [-0.2, -0.15) is 0 Å². The summed E-state index contributed by atoms with van der Waals surface area (Å²) in [5.41, 5.74) is 3.31. The van der Waals surface area contributed by atoms with E-state index in [9.17, 15) is 4.79 Å². The summed E-state index contributed by atoms with van der Waals surface area (Å²) in [5.74, 6) is 0.544. The Morgan fingerprint density at radius 2 is 1.71 bits per heavy atom. The van der Waals surface area contributed by atoms with Crippen LogP contribution < -0.4 is 10.1 Å². The molecule has 0 heterocycles. The highest BCUT2D eigenvalue weighted by Gasteiger charge is 2.12. The van der Waals surface area contributed by atoms with Crippen molar-refractivity contribution < 1.29 is 14.3 Å². The maximum Gasteiger partial charge on any atom is 0.255 e. The van der Waals surface area contributed by atoms with E-state index in [0.29, 0.717) is 24.5 Å². The van der Waals surface area contributed by atoms with Crippen LogP contribution in [-0.4, -0.2) is 19.3 Å². The second kappa shape index (κ2) is 9.97. The number of methoxy groups -OCH3 is 1. The lowest BCUT2D eigenvalue weighted by Gasteiger charge is -2.13. The number of ether oxygens (including phenoxy) is 2. The standard InChI is InChI=1S/C23H23NO3S/c1-26-21-13-12-18(23(25)24-20-10-6-7-11-22(20)28-2)14-19(21)16-27-15-17-8-4-3-5-9-17/h3-14H,15-16H2,1-2H3,(H,24,25). The molecule has 0 saturated heterocycles. The van der Waals surface area contributed by atoms with Crippen molar-refractivity contribution in [3.63, 3.8) is 0 Å². The minimum absolute atomic E-state index is 0.159. The average Bonchev–Trinajstić information content (AvgIpc) is 2.74. The lowest BCUT2D eigenvalue weighted by atomic mass is 10.1. The van der Waals surface area contributed by atoms with Crippen LogP contribution in [0.5, 0.6) is 5.75 Å². The van der Waals surface area contributed by atoms with E-state index in [2.05, 4.69) is 5.32 Å². The first kappa shape index (κ1) is 20.0. The number of benzene rings is 3. The minimum atomic E-state index is -0.159. The molecule has 0 fully saturated rings. The first-order valence-electron chi connectivity index (χ1n) is 8.94. The molecule has 0 aromatic heterocycles. The van der Waals surface area contributed by atoms with Gasteiger partial charge in [0.15, 0.2) is 0 Å². The normalized spacial score (nSPS) is 10.5. The van der Waals surface area contributed by atoms with Gasteiger partial charge in [0.1, 0.15) is 5.75 Å². The summed E-state index contributed by atoms with van der Waals surface area (Å²) in [7, 11) is 1.62. The molecule has 28 heavy (non-hydrogen) atoms. The fraction of sp³-hybridized carbons (Fsp3) is 0.174. The molecule has 144 valence electrons. The molecule has 0 aliphatic heterocycles. The molecular formula is C23H23NO3S. The van der Waals surface area contributed by atoms with Gasteiger partial charge in [0.2, 0.25) is 0 Å². The number of rotatable bonds is 8. The summed E-state index contributed by atoms with van der Waals surface area (Å²) in [6.07, 6.45) is 1.99. The van der Waals surface area contributed by atoms with Crippen molar-refractivity contribution in [3.8, 4) is 5.75 Å². The molecule has 0 saturated carbocycles. The molecule has 0 radical (unpaired) electrons. The molecule has 3 rings (SSSR count). The third-order valence-electron chi connectivity index (χ3n) is 4.27. The van der Waals surface area contributed by atoms with Crippen LogP contribution in [0.15, 0.2) is 77.7 Å². The van der Waals surface area contributed by atoms with Crippen LogP contribution in [0, 0.1) is 0 Å². The molecule has 1 amide bonds. The third kappa shape index (κ3) is 5.15. The zero-order chi connectivity index (χ0) is 19.8. The predicted octanol–water partition coefficient (Wildman–Crippen LogP) is 5.39. The van der Waals surface area contributed by atoms with Crippen molar-refractivity contribution in [2.24, 2.45) is 0 Å². The van der Waals surface area contributed by atoms with Crippen LogP contribution in [-0.2, 0) is 18.0 Å². The number of anilines is 1. The number of hydrogen-bond acceptors (Lipinski definition) is 4. The Kier molecular flexibility index (Phi) is 7.12. The molecule has 5 heteroatoms. The van der Waals surface area contributed by atoms with Gasteiger partial charge in [-0.05, 0) is 42.2 Å². The highest BCUT2D eigenvalue weighted by Crippen LogP contribution is 2.26. The Bertz CT molecular complexity index is 928. The van der Waals surface area contributed by atoms with Crippen LogP contribution in [0.3, 0.4) is 0 Å². The zero-order valence-electron chi connectivity index (χ0n) is 16.0. The second-order valence-corrected chi connectivity index (χ2v) is 7.01. The van der Waals surface area contributed by atoms with Gasteiger partial charge in [-0.25, -0.2) is 0 Å². The van der Waals surface area contributed by atoms with Crippen LogP contribution in [0.2, 0.25) is 0 Å². The Balaban J connectivity index is 1.71. The molecular weight excluding hydrogens is 370 g/mol. The van der Waals surface area contributed by atoms with Crippen molar-refractivity contribution in [1.82, 2.24) is 0 Å². The van der Waals surface area contributed by atoms with Gasteiger partial charge in [-0.15, -0.1) is 11.8 Å². The lowest BCUT2D eigenvalue weighted by Crippen LogP contribution is -2.13. The van der Waals surface area contributed by atoms with E-state index < -0.39 is 0 Å². The van der Waals surface area contributed by atoms with E-state index in [4.69, 9.17) is 9.47 Å². The summed E-state index contributed by atoms with van der Waals surface area (Å²) in [6, 6.07) is 23.1. The summed E-state index contributed by atoms with van der Waals surface area (Å²) in [5, 5.41) is 2.98. The van der Waals surface area contributed by atoms with Crippen LogP contribution in [0.1, 0.15) is 21.5 Å². The quantitative estimate of drug-likeness (QED) is 0.522. The predicted molar refractivity (Wildman–Crippen MR) is 114 cm³/mol. The molecule has 1 N–H and O–H groups in total. The Labute approximate surface area is 169 Å². The topological polar surface area (TPSA) is 47.6 Å². The van der Waals surface area contributed by atoms with Gasteiger partial charge >= 0.3 is 0 Å². The van der Waals surface area contributed by atoms with Gasteiger partial charge in [-0.3, -0.25) is 4.79 Å². The molecule has 3 aromatic carbocycles. The fourth-order valence-corrected chi connectivity index (χ4v) is 3.38. The molecule has 0 aliphatic rings. The highest BCUT2D eigenvalue weighted by molar-refractivity contribution is 7.98. The summed E-state index contributed by atoms with van der Waals surface area (Å²) in [6.45, 7) is 0.863. The number of carbonyl (C=O) groups is 1. The van der Waals surface area contributed by atoms with Crippen molar-refractivity contribution in [1.29, 1.82) is 0 Å². The van der Waals surface area contributed by atoms with E-state index in [0.717, 1.165) is 21.7 Å². The molecule has 0 atom stereocenters. The molecule has 0 spiro atoms. The maximum atomic E-state index is 12.7. The Hall–Kier alpha value is -2.76. The number of para-hydroxylation sites is 1. The van der Waals surface area contributed by atoms with E-state index in [1.54, 1.807) is 31.0 Å². The molecule has 0 unspecified atom stereocenters. The molecule has 0 aliphatic carbocycles. The van der Waals surface area contributed by atoms with Gasteiger partial charge in [-0.1, -0.05) is 42.5 Å². The zero-order valence-corrected chi connectivity index (χ0v) is 16.8. The number of amides is 1. The van der Waals surface area contributed by atoms with E-state index >= 15 is 0 Å². The Morgan fingerprint density at radius 3 is 2.46 bits per heavy atom. The van der Waals surface area contributed by atoms with Gasteiger partial charge in [0, 0.05) is 16.0 Å². The summed E-state index contributed by atoms with van der Waals surface area (Å²) >= 11 is 1.60. The van der Waals surface area contributed by atoms with E-state index in [1.807, 2.05) is 66.9 Å². The van der Waals surface area contributed by atoms with Crippen molar-refractivity contribution in [3.05, 3.63) is 89.5 Å². The lowest BCUT2D eigenvalue weighted by molar-refractivity contribution is 0.102. The van der Waals surface area contributed by atoms with E-state index in [-0.39, 0.29) is 5.91 Å². The number of nitrogens with one attached hydrogen (secondary N) is 1. The SMILES string of the molecule is COc1ccc(C(=O)Nc2ccccc2SC)cc1COCc1ccccc1. The van der Waals surface area contributed by atoms with Crippen LogP contribution >= 0.6 is 11.8 Å². The van der Waals surface area contributed by atoms with Crippen molar-refractivity contribution in [2.75, 3.05) is 18.7 Å². The van der Waals surface area contributed by atoms with Gasteiger partial charge in [0.05, 0.1) is 26.0 Å². The van der Waals surface area contributed by atoms with Gasteiger partial charge < -0.3 is 14.8 Å². The monoisotopic (exact) mass is 393 g/mol. The van der Waals surface area contributed by atoms with Crippen LogP contribution in [0.4, 0.5) is 5.69 Å². The number of carbonyl (C=O) groups excluding carboxylic acids is 1. The first-order valence-corrected chi connectivity index (χ1v) is 10.2. The highest BCUT2D eigenvalue weighted by atomic mass is 32.2. The summed E-state index contributed by atoms with van der Waals surface area (Å²) < 4.78 is 11.2. The second-order valence-electron chi connectivity index (χ2n) is 6.16. The smallest absolute Gasteiger partial charge is 0.255 e. The minimum Gasteiger partial charge on any atom is -0.496 e. The maximum absolute atomic E-state index is 12.7. The van der Waals surface area contributed by atoms with Crippen LogP contribution in [0.25, 0.3) is 0 Å². The van der Waals surface area contributed by atoms with E-state index in [1.165, 1.54) is 0 Å². The van der Waals surface area contributed by atoms with Crippen molar-refractivity contribution >= 4 is 23.4 Å². The molecule has 4 nitrogen and oxygen atoms in total. The Morgan fingerprint density at radius 1 is 0.964 bits per heavy atom. The average molecular weight is 394 g/mol. The number of hydrogen-bond donors (Lipinski definition) is 1. The third-order valence-corrected chi connectivity index (χ3v) is 5.06. The first-order chi connectivity index (χ1) is 13.7. The van der Waals surface area contributed by atoms with Gasteiger partial charge in [0.25, 0.3) is 5.91 Å². The molecule has 3 aromatic rings. The largest absolute Gasteiger partial charge is 0.496 e. The molecule has 0 bridgehead atoms. The summed E-state index contributed by atoms with van der Waals surface area (Å²) in [4.78, 5) is 13.8.